The van der Waals surface area contributed by atoms with Crippen LogP contribution in [0.4, 0.5) is 11.4 Å². The van der Waals surface area contributed by atoms with Gasteiger partial charge in [0, 0.05) is 12.2 Å². The van der Waals surface area contributed by atoms with E-state index in [1.54, 1.807) is 4.90 Å². The van der Waals surface area contributed by atoms with Gasteiger partial charge in [-0.05, 0) is 48.9 Å². The molecule has 0 saturated heterocycles. The highest BCUT2D eigenvalue weighted by Gasteiger charge is 2.30. The maximum Gasteiger partial charge on any atom is 0.331 e. The van der Waals surface area contributed by atoms with E-state index in [-0.39, 0.29) is 11.6 Å². The quantitative estimate of drug-likeness (QED) is 0.662. The number of carbonyl (C=O) groups excluding carboxylic acids is 1. The molecule has 3 aromatic rings. The van der Waals surface area contributed by atoms with E-state index in [0.29, 0.717) is 0 Å². The zero-order valence-electron chi connectivity index (χ0n) is 16.8. The summed E-state index contributed by atoms with van der Waals surface area (Å²) < 4.78 is 2.31. The van der Waals surface area contributed by atoms with Crippen LogP contribution in [0.15, 0.2) is 64.3 Å². The molecule has 0 N–H and O–H groups in total. The van der Waals surface area contributed by atoms with Crippen LogP contribution in [-0.4, -0.2) is 15.0 Å². The number of amides is 1. The normalized spacial score (nSPS) is 14.9. The van der Waals surface area contributed by atoms with Crippen LogP contribution in [-0.2, 0) is 24.2 Å². The summed E-state index contributed by atoms with van der Waals surface area (Å²) in [6.07, 6.45) is 4.54. The largest absolute Gasteiger partial charge is 0.331 e. The minimum absolute atomic E-state index is 0.0128. The zero-order chi connectivity index (χ0) is 21.5. The van der Waals surface area contributed by atoms with Crippen molar-refractivity contribution in [2.45, 2.75) is 38.3 Å². The lowest BCUT2D eigenvalue weighted by atomic mass is 10.0. The Morgan fingerprint density at radius 1 is 0.968 bits per heavy atom. The molecule has 1 fully saturated rings. The van der Waals surface area contributed by atoms with Crippen molar-refractivity contribution >= 4 is 17.3 Å². The SMILES string of the molecule is N#Cc1cn(C2CC2)c(=O)n(CC(=O)N2c3ccccc3CCc3ccccc32)c1=O. The molecule has 0 radical (unpaired) electrons. The van der Waals surface area contributed by atoms with Gasteiger partial charge in [-0.25, -0.2) is 9.36 Å². The molecule has 154 valence electrons. The monoisotopic (exact) mass is 412 g/mol. The number of para-hydroxylation sites is 2. The first-order valence-corrected chi connectivity index (χ1v) is 10.3. The third kappa shape index (κ3) is 3.26. The van der Waals surface area contributed by atoms with Gasteiger partial charge in [0.15, 0.2) is 0 Å². The maximum absolute atomic E-state index is 13.6. The van der Waals surface area contributed by atoms with Gasteiger partial charge in [0.25, 0.3) is 11.5 Å². The molecule has 2 aromatic carbocycles. The smallest absolute Gasteiger partial charge is 0.296 e. The molecule has 0 unspecified atom stereocenters. The van der Waals surface area contributed by atoms with Gasteiger partial charge < -0.3 is 0 Å². The second-order valence-electron chi connectivity index (χ2n) is 7.95. The van der Waals surface area contributed by atoms with Crippen molar-refractivity contribution in [3.8, 4) is 6.07 Å². The fourth-order valence-corrected chi connectivity index (χ4v) is 4.21. The van der Waals surface area contributed by atoms with E-state index in [0.717, 1.165) is 52.8 Å². The second-order valence-corrected chi connectivity index (χ2v) is 7.95. The van der Waals surface area contributed by atoms with Crippen molar-refractivity contribution in [3.63, 3.8) is 0 Å². The number of benzene rings is 2. The fourth-order valence-electron chi connectivity index (χ4n) is 4.21. The molecule has 7 heteroatoms. The first kappa shape index (κ1) is 19.1. The number of nitriles is 1. The summed E-state index contributed by atoms with van der Waals surface area (Å²) in [6.45, 7) is -0.428. The molecule has 1 aromatic heterocycles. The number of carbonyl (C=O) groups is 1. The van der Waals surface area contributed by atoms with E-state index in [4.69, 9.17) is 0 Å². The Kier molecular flexibility index (Phi) is 4.55. The van der Waals surface area contributed by atoms with Gasteiger partial charge in [-0.1, -0.05) is 36.4 Å². The summed E-state index contributed by atoms with van der Waals surface area (Å²) in [6, 6.07) is 17.2. The highest BCUT2D eigenvalue weighted by molar-refractivity contribution is 6.02. The zero-order valence-corrected chi connectivity index (χ0v) is 16.8. The average Bonchev–Trinajstić information content (AvgIpc) is 3.63. The minimum Gasteiger partial charge on any atom is -0.296 e. The molecule has 2 heterocycles. The van der Waals surface area contributed by atoms with Gasteiger partial charge in [0.1, 0.15) is 18.2 Å². The van der Waals surface area contributed by atoms with Crippen LogP contribution >= 0.6 is 0 Å². The standard InChI is InChI=1S/C24H20N4O3/c25-13-18-14-26(19-11-12-19)24(31)27(23(18)30)15-22(29)28-20-7-3-1-5-16(20)9-10-17-6-2-4-8-21(17)28/h1-8,14,19H,9-12,15H2. The van der Waals surface area contributed by atoms with Crippen molar-refractivity contribution < 1.29 is 4.79 Å². The summed E-state index contributed by atoms with van der Waals surface area (Å²) >= 11 is 0. The van der Waals surface area contributed by atoms with Crippen LogP contribution in [0.3, 0.4) is 0 Å². The van der Waals surface area contributed by atoms with Crippen LogP contribution in [0, 0.1) is 11.3 Å². The van der Waals surface area contributed by atoms with Crippen LogP contribution in [0.1, 0.15) is 35.6 Å². The highest BCUT2D eigenvalue weighted by atomic mass is 16.2. The van der Waals surface area contributed by atoms with Crippen molar-refractivity contribution in [2.75, 3.05) is 4.90 Å². The highest BCUT2D eigenvalue weighted by Crippen LogP contribution is 2.36. The summed E-state index contributed by atoms with van der Waals surface area (Å²) in [7, 11) is 0. The molecular formula is C24H20N4O3. The fraction of sp³-hybridized carbons (Fsp3) is 0.250. The Morgan fingerprint density at radius 2 is 1.55 bits per heavy atom. The number of hydrogen-bond acceptors (Lipinski definition) is 4. The van der Waals surface area contributed by atoms with Crippen molar-refractivity contribution in [1.29, 1.82) is 5.26 Å². The third-order valence-electron chi connectivity index (χ3n) is 5.93. The topological polar surface area (TPSA) is 88.1 Å². The Morgan fingerprint density at radius 3 is 2.10 bits per heavy atom. The third-order valence-corrected chi connectivity index (χ3v) is 5.93. The van der Waals surface area contributed by atoms with Gasteiger partial charge in [-0.2, -0.15) is 5.26 Å². The number of nitrogens with zero attached hydrogens (tertiary/aromatic N) is 4. The van der Waals surface area contributed by atoms with Gasteiger partial charge in [-0.15, -0.1) is 0 Å². The van der Waals surface area contributed by atoms with Gasteiger partial charge in [0.05, 0.1) is 11.4 Å². The Labute approximate surface area is 178 Å². The molecule has 0 bridgehead atoms. The molecular weight excluding hydrogens is 392 g/mol. The van der Waals surface area contributed by atoms with Crippen molar-refractivity contribution in [3.05, 3.63) is 92.3 Å². The average molecular weight is 412 g/mol. The molecule has 2 aliphatic rings. The first-order chi connectivity index (χ1) is 15.1. The first-order valence-electron chi connectivity index (χ1n) is 10.3. The van der Waals surface area contributed by atoms with Crippen molar-refractivity contribution in [2.24, 2.45) is 0 Å². The predicted octanol–water partition coefficient (Wildman–Crippen LogP) is 2.68. The Hall–Kier alpha value is -3.92. The number of aromatic nitrogens is 2. The molecule has 7 nitrogen and oxygen atoms in total. The number of hydrogen-bond donors (Lipinski definition) is 0. The minimum atomic E-state index is -0.728. The van der Waals surface area contributed by atoms with Crippen LogP contribution < -0.4 is 16.1 Å². The predicted molar refractivity (Wildman–Crippen MR) is 115 cm³/mol. The molecule has 0 spiro atoms. The molecule has 1 saturated carbocycles. The molecule has 5 rings (SSSR count). The van der Waals surface area contributed by atoms with Crippen LogP contribution in [0.2, 0.25) is 0 Å². The molecule has 1 aliphatic heterocycles. The summed E-state index contributed by atoms with van der Waals surface area (Å²) in [5.41, 5.74) is 2.16. The van der Waals surface area contributed by atoms with E-state index in [9.17, 15) is 19.6 Å². The van der Waals surface area contributed by atoms with Gasteiger partial charge >= 0.3 is 5.69 Å². The van der Waals surface area contributed by atoms with E-state index < -0.39 is 23.7 Å². The Balaban J connectivity index is 1.63. The second kappa shape index (κ2) is 7.40. The van der Waals surface area contributed by atoms with E-state index in [2.05, 4.69) is 0 Å². The number of fused-ring (bicyclic) bond motifs is 2. The van der Waals surface area contributed by atoms with E-state index >= 15 is 0 Å². The lowest BCUT2D eigenvalue weighted by molar-refractivity contribution is -0.118. The van der Waals surface area contributed by atoms with Crippen molar-refractivity contribution in [1.82, 2.24) is 9.13 Å². The summed E-state index contributed by atoms with van der Waals surface area (Å²) in [5, 5.41) is 9.37. The molecule has 0 atom stereocenters. The lowest BCUT2D eigenvalue weighted by Gasteiger charge is -2.25. The molecule has 31 heavy (non-hydrogen) atoms. The number of aryl methyl sites for hydroxylation is 2. The molecule has 1 aliphatic carbocycles. The summed E-state index contributed by atoms with van der Waals surface area (Å²) in [5.74, 6) is -0.390. The van der Waals surface area contributed by atoms with Gasteiger partial charge in [0.2, 0.25) is 0 Å². The van der Waals surface area contributed by atoms with E-state index in [1.807, 2.05) is 54.6 Å². The van der Waals surface area contributed by atoms with Gasteiger partial charge in [-0.3, -0.25) is 19.1 Å². The van der Waals surface area contributed by atoms with E-state index in [1.165, 1.54) is 10.8 Å². The molecule has 1 amide bonds. The van der Waals surface area contributed by atoms with Crippen LogP contribution in [0.25, 0.3) is 0 Å². The number of rotatable bonds is 3. The lowest BCUT2D eigenvalue weighted by Crippen LogP contribution is -2.44. The van der Waals surface area contributed by atoms with Crippen LogP contribution in [0.5, 0.6) is 0 Å². The Bertz CT molecular complexity index is 1310. The number of anilines is 2. The summed E-state index contributed by atoms with van der Waals surface area (Å²) in [4.78, 5) is 40.9. The maximum atomic E-state index is 13.6.